The fourth-order valence-electron chi connectivity index (χ4n) is 2.48. The number of methoxy groups -OCH3 is 1. The van der Waals surface area contributed by atoms with Crippen LogP contribution in [0.25, 0.3) is 0 Å². The summed E-state index contributed by atoms with van der Waals surface area (Å²) in [6, 6.07) is 15.6. The van der Waals surface area contributed by atoms with Crippen molar-refractivity contribution in [2.45, 2.75) is 25.7 Å². The van der Waals surface area contributed by atoms with Crippen molar-refractivity contribution < 1.29 is 14.3 Å². The van der Waals surface area contributed by atoms with Crippen LogP contribution in [0.2, 0.25) is 0 Å². The second-order valence-electron chi connectivity index (χ2n) is 5.52. The minimum absolute atomic E-state index is 0.556. The molecule has 3 heteroatoms. The number of hydrogen-bond acceptors (Lipinski definition) is 3. The van der Waals surface area contributed by atoms with Crippen molar-refractivity contribution in [1.82, 2.24) is 0 Å². The van der Waals surface area contributed by atoms with Crippen LogP contribution in [0.4, 0.5) is 0 Å². The molecule has 0 heterocycles. The third-order valence-electron chi connectivity index (χ3n) is 3.82. The van der Waals surface area contributed by atoms with E-state index < -0.39 is 5.41 Å². The van der Waals surface area contributed by atoms with Crippen LogP contribution < -0.4 is 9.47 Å². The van der Waals surface area contributed by atoms with Gasteiger partial charge in [0.25, 0.3) is 0 Å². The summed E-state index contributed by atoms with van der Waals surface area (Å²) in [4.78, 5) is 11.7. The zero-order valence-corrected chi connectivity index (χ0v) is 13.3. The molecule has 0 N–H and O–H groups in total. The van der Waals surface area contributed by atoms with E-state index in [0.717, 1.165) is 28.9 Å². The van der Waals surface area contributed by atoms with Gasteiger partial charge in [-0.2, -0.15) is 0 Å². The molecule has 22 heavy (non-hydrogen) atoms. The summed E-state index contributed by atoms with van der Waals surface area (Å²) in [7, 11) is 1.63. The number of aldehydes is 1. The van der Waals surface area contributed by atoms with Gasteiger partial charge in [0.2, 0.25) is 0 Å². The SMILES string of the molecule is CCOc1ccc(CC(C)(C=O)c2ccc(OC)cc2)cc1. The van der Waals surface area contributed by atoms with E-state index in [0.29, 0.717) is 13.0 Å². The second-order valence-corrected chi connectivity index (χ2v) is 5.52. The highest BCUT2D eigenvalue weighted by Gasteiger charge is 2.26. The first-order valence-electron chi connectivity index (χ1n) is 7.44. The maximum Gasteiger partial charge on any atom is 0.130 e. The first-order valence-corrected chi connectivity index (χ1v) is 7.44. The number of benzene rings is 2. The van der Waals surface area contributed by atoms with Crippen LogP contribution in [0.15, 0.2) is 48.5 Å². The topological polar surface area (TPSA) is 35.5 Å². The van der Waals surface area contributed by atoms with Crippen molar-refractivity contribution in [3.8, 4) is 11.5 Å². The zero-order valence-electron chi connectivity index (χ0n) is 13.3. The van der Waals surface area contributed by atoms with Gasteiger partial charge in [0, 0.05) is 0 Å². The fraction of sp³-hybridized carbons (Fsp3) is 0.316. The molecule has 0 spiro atoms. The third kappa shape index (κ3) is 3.67. The average Bonchev–Trinajstić information content (AvgIpc) is 2.57. The highest BCUT2D eigenvalue weighted by Crippen LogP contribution is 2.28. The third-order valence-corrected chi connectivity index (χ3v) is 3.82. The molecule has 2 aromatic carbocycles. The number of carbonyl (C=O) groups is 1. The molecule has 0 aromatic heterocycles. The second kappa shape index (κ2) is 7.12. The van der Waals surface area contributed by atoms with Gasteiger partial charge in [-0.1, -0.05) is 24.3 Å². The Bertz CT molecular complexity index is 602. The van der Waals surface area contributed by atoms with Gasteiger partial charge >= 0.3 is 0 Å². The normalized spacial score (nSPS) is 13.2. The predicted molar refractivity (Wildman–Crippen MR) is 87.7 cm³/mol. The maximum absolute atomic E-state index is 11.7. The van der Waals surface area contributed by atoms with Gasteiger partial charge in [-0.3, -0.25) is 0 Å². The molecule has 0 amide bonds. The molecule has 0 aliphatic carbocycles. The summed E-state index contributed by atoms with van der Waals surface area (Å²) in [6.45, 7) is 4.57. The molecule has 0 aliphatic rings. The van der Waals surface area contributed by atoms with Crippen LogP contribution in [0.5, 0.6) is 11.5 Å². The molecule has 116 valence electrons. The Hall–Kier alpha value is -2.29. The summed E-state index contributed by atoms with van der Waals surface area (Å²) in [5.74, 6) is 1.64. The van der Waals surface area contributed by atoms with Crippen molar-refractivity contribution >= 4 is 6.29 Å². The Morgan fingerprint density at radius 2 is 1.59 bits per heavy atom. The van der Waals surface area contributed by atoms with E-state index in [2.05, 4.69) is 0 Å². The standard InChI is InChI=1S/C19H22O3/c1-4-22-18-9-5-15(6-10-18)13-19(2,14-20)16-7-11-17(21-3)12-8-16/h5-12,14H,4,13H2,1-3H3. The van der Waals surface area contributed by atoms with Crippen LogP contribution in [0.3, 0.4) is 0 Å². The predicted octanol–water partition coefficient (Wildman–Crippen LogP) is 3.79. The van der Waals surface area contributed by atoms with E-state index in [1.807, 2.05) is 62.4 Å². The molecule has 0 bridgehead atoms. The molecular formula is C19H22O3. The molecule has 0 fully saturated rings. The molecule has 2 aromatic rings. The minimum atomic E-state index is -0.556. The fourth-order valence-corrected chi connectivity index (χ4v) is 2.48. The van der Waals surface area contributed by atoms with E-state index in [4.69, 9.17) is 9.47 Å². The minimum Gasteiger partial charge on any atom is -0.497 e. The Kier molecular flexibility index (Phi) is 5.21. The summed E-state index contributed by atoms with van der Waals surface area (Å²) < 4.78 is 10.6. The van der Waals surface area contributed by atoms with Crippen LogP contribution in [0, 0.1) is 0 Å². The lowest BCUT2D eigenvalue weighted by Crippen LogP contribution is -2.26. The summed E-state index contributed by atoms with van der Waals surface area (Å²) in [6.07, 6.45) is 1.67. The smallest absolute Gasteiger partial charge is 0.130 e. The number of rotatable bonds is 7. The number of ether oxygens (including phenoxy) is 2. The van der Waals surface area contributed by atoms with Crippen molar-refractivity contribution in [3.63, 3.8) is 0 Å². The van der Waals surface area contributed by atoms with Crippen molar-refractivity contribution in [2.24, 2.45) is 0 Å². The van der Waals surface area contributed by atoms with Crippen LogP contribution in [-0.4, -0.2) is 20.0 Å². The van der Waals surface area contributed by atoms with Crippen LogP contribution in [-0.2, 0) is 16.6 Å². The van der Waals surface area contributed by atoms with Gasteiger partial charge in [-0.15, -0.1) is 0 Å². The molecule has 0 saturated carbocycles. The molecule has 2 rings (SSSR count). The Morgan fingerprint density at radius 1 is 1.00 bits per heavy atom. The highest BCUT2D eigenvalue weighted by molar-refractivity contribution is 5.69. The Balaban J connectivity index is 2.20. The Labute approximate surface area is 131 Å². The van der Waals surface area contributed by atoms with E-state index >= 15 is 0 Å². The average molecular weight is 298 g/mol. The lowest BCUT2D eigenvalue weighted by molar-refractivity contribution is -0.112. The zero-order chi connectivity index (χ0) is 16.0. The summed E-state index contributed by atoms with van der Waals surface area (Å²) >= 11 is 0. The number of carbonyl (C=O) groups excluding carboxylic acids is 1. The van der Waals surface area contributed by atoms with E-state index in [9.17, 15) is 4.79 Å². The first-order chi connectivity index (χ1) is 10.6. The molecule has 0 saturated heterocycles. The van der Waals surface area contributed by atoms with Gasteiger partial charge in [0.05, 0.1) is 19.1 Å². The van der Waals surface area contributed by atoms with Crippen molar-refractivity contribution in [2.75, 3.05) is 13.7 Å². The van der Waals surface area contributed by atoms with Crippen LogP contribution >= 0.6 is 0 Å². The number of hydrogen-bond donors (Lipinski definition) is 0. The lowest BCUT2D eigenvalue weighted by Gasteiger charge is -2.24. The first kappa shape index (κ1) is 16.1. The summed E-state index contributed by atoms with van der Waals surface area (Å²) in [5.41, 5.74) is 1.53. The van der Waals surface area contributed by atoms with E-state index in [1.165, 1.54) is 0 Å². The van der Waals surface area contributed by atoms with Crippen LogP contribution in [0.1, 0.15) is 25.0 Å². The van der Waals surface area contributed by atoms with Crippen molar-refractivity contribution in [1.29, 1.82) is 0 Å². The van der Waals surface area contributed by atoms with E-state index in [1.54, 1.807) is 7.11 Å². The van der Waals surface area contributed by atoms with Crippen molar-refractivity contribution in [3.05, 3.63) is 59.7 Å². The van der Waals surface area contributed by atoms with Gasteiger partial charge in [0.1, 0.15) is 17.8 Å². The maximum atomic E-state index is 11.7. The largest absolute Gasteiger partial charge is 0.497 e. The molecule has 1 unspecified atom stereocenters. The molecule has 3 nitrogen and oxygen atoms in total. The molecule has 0 radical (unpaired) electrons. The molecule has 1 atom stereocenters. The Morgan fingerprint density at radius 3 is 2.09 bits per heavy atom. The lowest BCUT2D eigenvalue weighted by atomic mass is 9.78. The molecular weight excluding hydrogens is 276 g/mol. The summed E-state index contributed by atoms with van der Waals surface area (Å²) in [5, 5.41) is 0. The van der Waals surface area contributed by atoms with Gasteiger partial charge in [0.15, 0.2) is 0 Å². The van der Waals surface area contributed by atoms with Gasteiger partial charge in [-0.05, 0) is 55.7 Å². The monoisotopic (exact) mass is 298 g/mol. The quantitative estimate of drug-likeness (QED) is 0.729. The van der Waals surface area contributed by atoms with Gasteiger partial charge < -0.3 is 14.3 Å². The van der Waals surface area contributed by atoms with Gasteiger partial charge in [-0.25, -0.2) is 0 Å². The molecule has 0 aliphatic heterocycles. The highest BCUT2D eigenvalue weighted by atomic mass is 16.5. The van der Waals surface area contributed by atoms with E-state index in [-0.39, 0.29) is 0 Å².